The largest absolute Gasteiger partial charge is 0.493 e. The number of carbonyl (C=O) groups is 2. The third-order valence-corrected chi connectivity index (χ3v) is 4.13. The zero-order chi connectivity index (χ0) is 19.6. The van der Waals surface area contributed by atoms with E-state index in [1.54, 1.807) is 20.3 Å². The maximum atomic E-state index is 11.8. The topological polar surface area (TPSA) is 89.0 Å². The standard InChI is InChI=1S/C19H20BrN3O4/c1-26-16-8-5-13(11-17(16)27-2)9-10-21-18(24)19(25)23-22-12-14-3-6-15(20)7-4-14/h3-8,11-12H,9-10H2,1-2H3,(H,21,24)(H,23,25). The van der Waals surface area contributed by atoms with E-state index < -0.39 is 11.8 Å². The summed E-state index contributed by atoms with van der Waals surface area (Å²) in [6.45, 7) is 0.304. The third kappa shape index (κ3) is 6.41. The van der Waals surface area contributed by atoms with Crippen molar-refractivity contribution >= 4 is 34.0 Å². The van der Waals surface area contributed by atoms with Gasteiger partial charge in [-0.2, -0.15) is 5.10 Å². The van der Waals surface area contributed by atoms with Crippen molar-refractivity contribution < 1.29 is 19.1 Å². The predicted octanol–water partition coefficient (Wildman–Crippen LogP) is 2.28. The van der Waals surface area contributed by atoms with Crippen molar-refractivity contribution in [3.63, 3.8) is 0 Å². The number of amides is 2. The molecule has 0 fully saturated rings. The molecule has 0 bridgehead atoms. The average molecular weight is 434 g/mol. The molecule has 0 radical (unpaired) electrons. The van der Waals surface area contributed by atoms with Gasteiger partial charge in [-0.3, -0.25) is 9.59 Å². The summed E-state index contributed by atoms with van der Waals surface area (Å²) >= 11 is 3.33. The van der Waals surface area contributed by atoms with Gasteiger partial charge in [0.05, 0.1) is 20.4 Å². The minimum Gasteiger partial charge on any atom is -0.493 e. The van der Waals surface area contributed by atoms with E-state index in [1.165, 1.54) is 6.21 Å². The first-order valence-electron chi connectivity index (χ1n) is 8.11. The molecule has 0 aliphatic carbocycles. The number of methoxy groups -OCH3 is 2. The lowest BCUT2D eigenvalue weighted by Crippen LogP contribution is -2.38. The Balaban J connectivity index is 1.78. The van der Waals surface area contributed by atoms with Crippen LogP contribution in [0.4, 0.5) is 0 Å². The van der Waals surface area contributed by atoms with Crippen molar-refractivity contribution in [2.45, 2.75) is 6.42 Å². The van der Waals surface area contributed by atoms with Crippen LogP contribution in [0.1, 0.15) is 11.1 Å². The molecule has 0 unspecified atom stereocenters. The second-order valence-electron chi connectivity index (χ2n) is 5.45. The molecule has 2 aromatic rings. The van der Waals surface area contributed by atoms with Crippen LogP contribution in [-0.2, 0) is 16.0 Å². The Bertz CT molecular complexity index is 822. The van der Waals surface area contributed by atoms with Gasteiger partial charge in [0, 0.05) is 11.0 Å². The Kier molecular flexibility index (Phi) is 7.81. The molecule has 7 nitrogen and oxygen atoms in total. The van der Waals surface area contributed by atoms with Crippen LogP contribution in [0.3, 0.4) is 0 Å². The quantitative estimate of drug-likeness (QED) is 0.398. The van der Waals surface area contributed by atoms with Crippen LogP contribution in [0.2, 0.25) is 0 Å². The molecule has 0 atom stereocenters. The molecule has 0 spiro atoms. The molecule has 0 aromatic heterocycles. The smallest absolute Gasteiger partial charge is 0.329 e. The number of ether oxygens (including phenoxy) is 2. The van der Waals surface area contributed by atoms with E-state index in [9.17, 15) is 9.59 Å². The monoisotopic (exact) mass is 433 g/mol. The molecule has 0 aliphatic heterocycles. The Labute approximate surface area is 165 Å². The van der Waals surface area contributed by atoms with Crippen LogP contribution >= 0.6 is 15.9 Å². The lowest BCUT2D eigenvalue weighted by Gasteiger charge is -2.10. The first-order valence-corrected chi connectivity index (χ1v) is 8.90. The van der Waals surface area contributed by atoms with Crippen LogP contribution in [0.15, 0.2) is 52.0 Å². The minimum atomic E-state index is -0.823. The molecule has 2 rings (SSSR count). The first kappa shape index (κ1) is 20.4. The van der Waals surface area contributed by atoms with Crippen LogP contribution in [-0.4, -0.2) is 38.8 Å². The maximum Gasteiger partial charge on any atom is 0.329 e. The van der Waals surface area contributed by atoms with E-state index in [2.05, 4.69) is 31.8 Å². The number of nitrogens with one attached hydrogen (secondary N) is 2. The summed E-state index contributed by atoms with van der Waals surface area (Å²) in [4.78, 5) is 23.5. The molecule has 8 heteroatoms. The summed E-state index contributed by atoms with van der Waals surface area (Å²) in [5, 5.41) is 6.32. The molecule has 2 N–H and O–H groups in total. The molecule has 0 aliphatic rings. The second-order valence-corrected chi connectivity index (χ2v) is 6.36. The van der Waals surface area contributed by atoms with Gasteiger partial charge in [0.2, 0.25) is 0 Å². The zero-order valence-electron chi connectivity index (χ0n) is 15.0. The lowest BCUT2D eigenvalue weighted by atomic mass is 10.1. The van der Waals surface area contributed by atoms with Gasteiger partial charge in [-0.05, 0) is 41.8 Å². The summed E-state index contributed by atoms with van der Waals surface area (Å²) < 4.78 is 11.4. The van der Waals surface area contributed by atoms with Crippen LogP contribution in [0.25, 0.3) is 0 Å². The Morgan fingerprint density at radius 3 is 2.41 bits per heavy atom. The van der Waals surface area contributed by atoms with Crippen molar-refractivity contribution in [1.82, 2.24) is 10.7 Å². The van der Waals surface area contributed by atoms with Gasteiger partial charge < -0.3 is 14.8 Å². The van der Waals surface area contributed by atoms with Gasteiger partial charge in [-0.15, -0.1) is 0 Å². The van der Waals surface area contributed by atoms with E-state index in [1.807, 2.05) is 36.4 Å². The van der Waals surface area contributed by atoms with Gasteiger partial charge in [0.25, 0.3) is 0 Å². The second kappa shape index (κ2) is 10.3. The number of benzene rings is 2. The molecular weight excluding hydrogens is 414 g/mol. The number of carbonyl (C=O) groups excluding carboxylic acids is 2. The van der Waals surface area contributed by atoms with Gasteiger partial charge in [0.15, 0.2) is 11.5 Å². The van der Waals surface area contributed by atoms with Crippen molar-refractivity contribution in [3.8, 4) is 11.5 Å². The number of hydrogen-bond acceptors (Lipinski definition) is 5. The number of hydrazone groups is 1. The predicted molar refractivity (Wildman–Crippen MR) is 106 cm³/mol. The molecule has 27 heavy (non-hydrogen) atoms. The van der Waals surface area contributed by atoms with Gasteiger partial charge in [0.1, 0.15) is 0 Å². The van der Waals surface area contributed by atoms with Gasteiger partial charge in [-0.1, -0.05) is 34.1 Å². The zero-order valence-corrected chi connectivity index (χ0v) is 16.6. The Hall–Kier alpha value is -2.87. The number of hydrogen-bond donors (Lipinski definition) is 2. The minimum absolute atomic E-state index is 0.304. The van der Waals surface area contributed by atoms with Gasteiger partial charge >= 0.3 is 11.8 Å². The molecule has 0 saturated heterocycles. The molecule has 2 aromatic carbocycles. The molecule has 142 valence electrons. The number of rotatable bonds is 7. The van der Waals surface area contributed by atoms with E-state index in [4.69, 9.17) is 9.47 Å². The first-order chi connectivity index (χ1) is 13.0. The summed E-state index contributed by atoms with van der Waals surface area (Å²) in [5.41, 5.74) is 3.94. The van der Waals surface area contributed by atoms with Crippen molar-refractivity contribution in [3.05, 3.63) is 58.1 Å². The normalized spacial score (nSPS) is 10.5. The summed E-state index contributed by atoms with van der Waals surface area (Å²) in [5.74, 6) is -0.325. The Morgan fingerprint density at radius 2 is 1.74 bits per heavy atom. The fourth-order valence-corrected chi connectivity index (χ4v) is 2.47. The van der Waals surface area contributed by atoms with Crippen molar-refractivity contribution in [1.29, 1.82) is 0 Å². The van der Waals surface area contributed by atoms with Crippen LogP contribution in [0, 0.1) is 0 Å². The van der Waals surface area contributed by atoms with Crippen molar-refractivity contribution in [2.24, 2.45) is 5.10 Å². The molecule has 2 amide bonds. The highest BCUT2D eigenvalue weighted by atomic mass is 79.9. The van der Waals surface area contributed by atoms with E-state index in [0.717, 1.165) is 15.6 Å². The highest BCUT2D eigenvalue weighted by Crippen LogP contribution is 2.27. The third-order valence-electron chi connectivity index (χ3n) is 3.60. The fourth-order valence-electron chi connectivity index (χ4n) is 2.20. The van der Waals surface area contributed by atoms with Crippen LogP contribution < -0.4 is 20.2 Å². The highest BCUT2D eigenvalue weighted by Gasteiger charge is 2.12. The highest BCUT2D eigenvalue weighted by molar-refractivity contribution is 9.10. The Morgan fingerprint density at radius 1 is 1.04 bits per heavy atom. The van der Waals surface area contributed by atoms with Crippen LogP contribution in [0.5, 0.6) is 11.5 Å². The van der Waals surface area contributed by atoms with Crippen molar-refractivity contribution in [2.75, 3.05) is 20.8 Å². The fraction of sp³-hybridized carbons (Fsp3) is 0.211. The van der Waals surface area contributed by atoms with E-state index in [-0.39, 0.29) is 0 Å². The average Bonchev–Trinajstić information content (AvgIpc) is 2.69. The van der Waals surface area contributed by atoms with Gasteiger partial charge in [-0.25, -0.2) is 5.43 Å². The SMILES string of the molecule is COc1ccc(CCNC(=O)C(=O)NN=Cc2ccc(Br)cc2)cc1OC. The summed E-state index contributed by atoms with van der Waals surface area (Å²) in [6.07, 6.45) is 2.00. The van der Waals surface area contributed by atoms with E-state index in [0.29, 0.717) is 24.5 Å². The van der Waals surface area contributed by atoms with E-state index >= 15 is 0 Å². The molecule has 0 saturated carbocycles. The molecular formula is C19H20BrN3O4. The summed E-state index contributed by atoms with van der Waals surface area (Å²) in [6, 6.07) is 12.8. The summed E-state index contributed by atoms with van der Waals surface area (Å²) in [7, 11) is 3.12. The maximum absolute atomic E-state index is 11.8. The number of halogens is 1. The number of nitrogens with zero attached hydrogens (tertiary/aromatic N) is 1. The lowest BCUT2D eigenvalue weighted by molar-refractivity contribution is -0.139. The molecule has 0 heterocycles.